The van der Waals surface area contributed by atoms with Crippen LogP contribution >= 0.6 is 0 Å². The lowest BCUT2D eigenvalue weighted by Gasteiger charge is -2.04. The van der Waals surface area contributed by atoms with Crippen LogP contribution in [0.1, 0.15) is 5.56 Å². The molecule has 0 unspecified atom stereocenters. The highest BCUT2D eigenvalue weighted by atomic mass is 19.1. The molecule has 0 spiro atoms. The second-order valence-electron chi connectivity index (χ2n) is 3.25. The smallest absolute Gasteiger partial charge is 0.149 e. The van der Waals surface area contributed by atoms with Crippen LogP contribution in [-0.4, -0.2) is 9.97 Å². The first-order valence-corrected chi connectivity index (χ1v) is 4.51. The van der Waals surface area contributed by atoms with Crippen LogP contribution in [0, 0.1) is 12.7 Å². The number of rotatable bonds is 1. The lowest BCUT2D eigenvalue weighted by atomic mass is 10.1. The van der Waals surface area contributed by atoms with Crippen LogP contribution in [0.15, 0.2) is 30.6 Å². The minimum Gasteiger partial charge on any atom is -0.382 e. The van der Waals surface area contributed by atoms with Crippen molar-refractivity contribution < 1.29 is 4.39 Å². The zero-order valence-corrected chi connectivity index (χ0v) is 8.24. The van der Waals surface area contributed by atoms with Crippen molar-refractivity contribution in [2.24, 2.45) is 0 Å². The van der Waals surface area contributed by atoms with Gasteiger partial charge in [0.2, 0.25) is 0 Å². The molecule has 15 heavy (non-hydrogen) atoms. The Morgan fingerprint density at radius 3 is 2.60 bits per heavy atom. The SMILES string of the molecule is Cc1ccc(-c2nccnc2N)cc1F. The molecule has 1 heterocycles. The fourth-order valence-corrected chi connectivity index (χ4v) is 1.31. The quantitative estimate of drug-likeness (QED) is 0.772. The van der Waals surface area contributed by atoms with Gasteiger partial charge in [-0.2, -0.15) is 0 Å². The maximum absolute atomic E-state index is 13.3. The van der Waals surface area contributed by atoms with E-state index in [-0.39, 0.29) is 5.82 Å². The van der Waals surface area contributed by atoms with Gasteiger partial charge < -0.3 is 5.73 Å². The van der Waals surface area contributed by atoms with Crippen molar-refractivity contribution in [3.8, 4) is 11.3 Å². The monoisotopic (exact) mass is 203 g/mol. The molecule has 0 aliphatic heterocycles. The molecule has 2 N–H and O–H groups in total. The predicted molar refractivity (Wildman–Crippen MR) is 56.6 cm³/mol. The highest BCUT2D eigenvalue weighted by Crippen LogP contribution is 2.22. The van der Waals surface area contributed by atoms with Gasteiger partial charge in [0.1, 0.15) is 17.3 Å². The maximum Gasteiger partial charge on any atom is 0.149 e. The third-order valence-electron chi connectivity index (χ3n) is 2.17. The van der Waals surface area contributed by atoms with Gasteiger partial charge in [0, 0.05) is 18.0 Å². The summed E-state index contributed by atoms with van der Waals surface area (Å²) in [4.78, 5) is 7.97. The molecule has 0 bridgehead atoms. The number of halogens is 1. The van der Waals surface area contributed by atoms with Crippen LogP contribution in [0.4, 0.5) is 10.2 Å². The van der Waals surface area contributed by atoms with Crippen molar-refractivity contribution in [3.63, 3.8) is 0 Å². The third kappa shape index (κ3) is 1.79. The minimum absolute atomic E-state index is 0.266. The van der Waals surface area contributed by atoms with E-state index in [4.69, 9.17) is 5.73 Å². The zero-order chi connectivity index (χ0) is 10.8. The summed E-state index contributed by atoms with van der Waals surface area (Å²) in [5.41, 5.74) is 7.40. The molecule has 3 nitrogen and oxygen atoms in total. The van der Waals surface area contributed by atoms with E-state index >= 15 is 0 Å². The first-order chi connectivity index (χ1) is 7.18. The van der Waals surface area contributed by atoms with E-state index < -0.39 is 0 Å². The molecule has 0 radical (unpaired) electrons. The third-order valence-corrected chi connectivity index (χ3v) is 2.17. The van der Waals surface area contributed by atoms with Crippen molar-refractivity contribution in [1.29, 1.82) is 0 Å². The molecule has 1 aromatic carbocycles. The lowest BCUT2D eigenvalue weighted by Crippen LogP contribution is -1.96. The summed E-state index contributed by atoms with van der Waals surface area (Å²) in [7, 11) is 0. The number of aryl methyl sites for hydroxylation is 1. The fraction of sp³-hybridized carbons (Fsp3) is 0.0909. The van der Waals surface area contributed by atoms with Crippen LogP contribution in [-0.2, 0) is 0 Å². The molecule has 0 aliphatic rings. The molecular weight excluding hydrogens is 193 g/mol. The summed E-state index contributed by atoms with van der Waals surface area (Å²) in [5.74, 6) is 0.0401. The lowest BCUT2D eigenvalue weighted by molar-refractivity contribution is 0.619. The minimum atomic E-state index is -0.266. The Hall–Kier alpha value is -1.97. The highest BCUT2D eigenvalue weighted by Gasteiger charge is 2.06. The topological polar surface area (TPSA) is 51.8 Å². The number of aromatic nitrogens is 2. The average Bonchev–Trinajstić information content (AvgIpc) is 2.23. The second-order valence-corrected chi connectivity index (χ2v) is 3.25. The Bertz CT molecular complexity index is 497. The summed E-state index contributed by atoms with van der Waals surface area (Å²) < 4.78 is 13.3. The number of nitrogens with two attached hydrogens (primary N) is 1. The fourth-order valence-electron chi connectivity index (χ4n) is 1.31. The van der Waals surface area contributed by atoms with Gasteiger partial charge in [-0.3, -0.25) is 4.98 Å². The Balaban J connectivity index is 2.55. The molecule has 0 amide bonds. The van der Waals surface area contributed by atoms with Gasteiger partial charge in [-0.05, 0) is 18.6 Å². The summed E-state index contributed by atoms with van der Waals surface area (Å²) in [6, 6.07) is 4.88. The van der Waals surface area contributed by atoms with Gasteiger partial charge in [-0.25, -0.2) is 9.37 Å². The van der Waals surface area contributed by atoms with Gasteiger partial charge in [-0.1, -0.05) is 12.1 Å². The summed E-state index contributed by atoms with van der Waals surface area (Å²) in [5, 5.41) is 0. The number of benzene rings is 1. The van der Waals surface area contributed by atoms with Gasteiger partial charge in [0.15, 0.2) is 0 Å². The average molecular weight is 203 g/mol. The molecule has 0 fully saturated rings. The maximum atomic E-state index is 13.3. The van der Waals surface area contributed by atoms with E-state index in [1.165, 1.54) is 18.5 Å². The molecule has 1 aromatic heterocycles. The Kier molecular flexibility index (Phi) is 2.33. The molecule has 0 saturated carbocycles. The first-order valence-electron chi connectivity index (χ1n) is 4.51. The molecule has 4 heteroatoms. The van der Waals surface area contributed by atoms with E-state index in [9.17, 15) is 4.39 Å². The van der Waals surface area contributed by atoms with E-state index in [0.29, 0.717) is 22.6 Å². The summed E-state index contributed by atoms with van der Waals surface area (Å²) >= 11 is 0. The van der Waals surface area contributed by atoms with Crippen molar-refractivity contribution in [3.05, 3.63) is 42.0 Å². The van der Waals surface area contributed by atoms with Gasteiger partial charge in [-0.15, -0.1) is 0 Å². The summed E-state index contributed by atoms with van der Waals surface area (Å²) in [6.07, 6.45) is 3.03. The van der Waals surface area contributed by atoms with E-state index in [2.05, 4.69) is 9.97 Å². The first kappa shape index (κ1) is 9.58. The number of anilines is 1. The van der Waals surface area contributed by atoms with Crippen LogP contribution in [0.3, 0.4) is 0 Å². The van der Waals surface area contributed by atoms with Crippen LogP contribution in [0.2, 0.25) is 0 Å². The zero-order valence-electron chi connectivity index (χ0n) is 8.24. The van der Waals surface area contributed by atoms with Crippen molar-refractivity contribution in [2.75, 3.05) is 5.73 Å². The number of nitrogens with zero attached hydrogens (tertiary/aromatic N) is 2. The van der Waals surface area contributed by atoms with Gasteiger partial charge in [0.05, 0.1) is 0 Å². The summed E-state index contributed by atoms with van der Waals surface area (Å²) in [6.45, 7) is 1.71. The molecule has 2 aromatic rings. The van der Waals surface area contributed by atoms with Crippen LogP contribution in [0.5, 0.6) is 0 Å². The molecule has 2 rings (SSSR count). The van der Waals surface area contributed by atoms with Gasteiger partial charge >= 0.3 is 0 Å². The van der Waals surface area contributed by atoms with E-state index in [1.54, 1.807) is 19.1 Å². The van der Waals surface area contributed by atoms with Crippen LogP contribution < -0.4 is 5.73 Å². The molecule has 0 aliphatic carbocycles. The standard InChI is InChI=1S/C11H10FN3/c1-7-2-3-8(6-9(7)12)10-11(13)15-5-4-14-10/h2-6H,1H3,(H2,13,15). The van der Waals surface area contributed by atoms with E-state index in [1.807, 2.05) is 0 Å². The Labute approximate surface area is 86.8 Å². The molecule has 0 atom stereocenters. The number of nitrogen functional groups attached to an aromatic ring is 1. The van der Waals surface area contributed by atoms with Crippen molar-refractivity contribution in [1.82, 2.24) is 9.97 Å². The molecule has 0 saturated heterocycles. The highest BCUT2D eigenvalue weighted by molar-refractivity contribution is 5.69. The molecular formula is C11H10FN3. The van der Waals surface area contributed by atoms with Gasteiger partial charge in [0.25, 0.3) is 0 Å². The largest absolute Gasteiger partial charge is 0.382 e. The van der Waals surface area contributed by atoms with Crippen LogP contribution in [0.25, 0.3) is 11.3 Å². The Morgan fingerprint density at radius 1 is 1.20 bits per heavy atom. The van der Waals surface area contributed by atoms with E-state index in [0.717, 1.165) is 0 Å². The Morgan fingerprint density at radius 2 is 1.93 bits per heavy atom. The number of hydrogen-bond acceptors (Lipinski definition) is 3. The predicted octanol–water partition coefficient (Wildman–Crippen LogP) is 2.17. The normalized spacial score (nSPS) is 10.3. The molecule has 76 valence electrons. The second kappa shape index (κ2) is 3.65. The van der Waals surface area contributed by atoms with Crippen molar-refractivity contribution in [2.45, 2.75) is 6.92 Å². The number of hydrogen-bond donors (Lipinski definition) is 1. The van der Waals surface area contributed by atoms with Crippen molar-refractivity contribution >= 4 is 5.82 Å².